The molecule has 0 saturated heterocycles. The van der Waals surface area contributed by atoms with Crippen LogP contribution in [0.25, 0.3) is 27.5 Å². The number of nitrogens with zero attached hydrogens (tertiary/aromatic N) is 3. The Morgan fingerprint density at radius 3 is 2.01 bits per heavy atom. The van der Waals surface area contributed by atoms with Crippen LogP contribution in [0, 0.1) is 13.8 Å². The second-order valence-corrected chi connectivity index (χ2v) is 19.8. The van der Waals surface area contributed by atoms with E-state index in [4.69, 9.17) is 4.42 Å². The van der Waals surface area contributed by atoms with Crippen molar-refractivity contribution in [3.8, 4) is 0 Å². The summed E-state index contributed by atoms with van der Waals surface area (Å²) in [5, 5.41) is 2.18. The van der Waals surface area contributed by atoms with E-state index in [-0.39, 0.29) is 12.1 Å². The molecule has 0 amide bonds. The summed E-state index contributed by atoms with van der Waals surface area (Å²) >= 11 is 0. The molecule has 3 heterocycles. The highest BCUT2D eigenvalue weighted by molar-refractivity contribution is 7.00. The van der Waals surface area contributed by atoms with Gasteiger partial charge in [0.15, 0.2) is 5.58 Å². The van der Waals surface area contributed by atoms with E-state index < -0.39 is 0 Å². The number of hydrogen-bond donors (Lipinski definition) is 0. The first kappa shape index (κ1) is 42.9. The highest BCUT2D eigenvalue weighted by Crippen LogP contribution is 2.51. The molecule has 2 aliphatic heterocycles. The normalized spacial score (nSPS) is 13.2. The van der Waals surface area contributed by atoms with Gasteiger partial charge in [-0.3, -0.25) is 0 Å². The number of para-hydroxylation sites is 3. The molecule has 4 nitrogen and oxygen atoms in total. The SMILES string of the molecule is C=C/C=C(\C=C)c1ccccc1N1c2ccc(C(C)(C)C)cc2B2c3cc(C)ccc3N(c3ccc(C)cc3)c3cc(N(c4ccc(C(C)C)cc4)c4cccc5c4oc4ccccc45)cc1c32. The molecule has 5 heteroatoms. The van der Waals surface area contributed by atoms with Gasteiger partial charge in [-0.15, -0.1) is 0 Å². The topological polar surface area (TPSA) is 22.9 Å². The van der Waals surface area contributed by atoms with Gasteiger partial charge in [0.25, 0.3) is 6.71 Å². The molecule has 0 bridgehead atoms. The van der Waals surface area contributed by atoms with Crippen LogP contribution >= 0.6 is 0 Å². The van der Waals surface area contributed by atoms with Gasteiger partial charge in [-0.2, -0.15) is 0 Å². The first-order valence-electron chi connectivity index (χ1n) is 23.9. The van der Waals surface area contributed by atoms with Crippen LogP contribution in [0.5, 0.6) is 0 Å². The molecule has 1 aromatic heterocycles. The summed E-state index contributed by atoms with van der Waals surface area (Å²) in [6, 6.07) is 60.8. The van der Waals surface area contributed by atoms with Crippen LogP contribution in [0.1, 0.15) is 68.4 Å². The third-order valence-electron chi connectivity index (χ3n) is 14.0. The number of aryl methyl sites for hydroxylation is 2. The number of rotatable bonds is 9. The monoisotopic (exact) mass is 881 g/mol. The fraction of sp³-hybridized carbons (Fsp3) is 0.143. The van der Waals surface area contributed by atoms with Gasteiger partial charge in [0.1, 0.15) is 5.58 Å². The van der Waals surface area contributed by atoms with Crippen molar-refractivity contribution in [2.45, 2.75) is 59.8 Å². The van der Waals surface area contributed by atoms with Gasteiger partial charge < -0.3 is 19.1 Å². The zero-order chi connectivity index (χ0) is 47.0. The number of allylic oxidation sites excluding steroid dienone is 4. The van der Waals surface area contributed by atoms with Crippen molar-refractivity contribution in [3.05, 3.63) is 223 Å². The van der Waals surface area contributed by atoms with Crippen molar-refractivity contribution in [3.63, 3.8) is 0 Å². The molecule has 0 N–H and O–H groups in total. The molecule has 11 rings (SSSR count). The number of anilines is 9. The van der Waals surface area contributed by atoms with Gasteiger partial charge in [0.2, 0.25) is 0 Å². The van der Waals surface area contributed by atoms with E-state index in [0.717, 1.165) is 78.6 Å². The summed E-state index contributed by atoms with van der Waals surface area (Å²) in [4.78, 5) is 7.43. The zero-order valence-corrected chi connectivity index (χ0v) is 40.1. The third-order valence-corrected chi connectivity index (χ3v) is 14.0. The van der Waals surface area contributed by atoms with Crippen LogP contribution in [0.2, 0.25) is 0 Å². The van der Waals surface area contributed by atoms with Crippen LogP contribution in [0.4, 0.5) is 51.2 Å². The average molecular weight is 882 g/mol. The molecule has 332 valence electrons. The molecule has 8 aromatic carbocycles. The van der Waals surface area contributed by atoms with Gasteiger partial charge in [0.05, 0.1) is 17.1 Å². The van der Waals surface area contributed by atoms with Crippen molar-refractivity contribution in [1.29, 1.82) is 0 Å². The highest BCUT2D eigenvalue weighted by atomic mass is 16.3. The van der Waals surface area contributed by atoms with Crippen LogP contribution in [0.15, 0.2) is 200 Å². The van der Waals surface area contributed by atoms with Gasteiger partial charge in [-0.25, -0.2) is 0 Å². The lowest BCUT2D eigenvalue weighted by molar-refractivity contribution is 0.591. The number of fused-ring (bicyclic) bond motifs is 7. The molecule has 0 fully saturated rings. The van der Waals surface area contributed by atoms with E-state index in [2.05, 4.69) is 240 Å². The molecule has 0 aliphatic carbocycles. The van der Waals surface area contributed by atoms with Gasteiger partial charge in [-0.1, -0.05) is 174 Å². The van der Waals surface area contributed by atoms with Gasteiger partial charge in [-0.05, 0) is 125 Å². The van der Waals surface area contributed by atoms with Crippen molar-refractivity contribution >= 4 is 102 Å². The molecule has 0 radical (unpaired) electrons. The third kappa shape index (κ3) is 6.99. The van der Waals surface area contributed by atoms with Crippen LogP contribution < -0.4 is 31.1 Å². The Balaban J connectivity index is 1.30. The maximum atomic E-state index is 6.89. The van der Waals surface area contributed by atoms with E-state index in [1.807, 2.05) is 18.2 Å². The van der Waals surface area contributed by atoms with Gasteiger partial charge in [0, 0.05) is 50.5 Å². The summed E-state index contributed by atoms with van der Waals surface area (Å²) in [5.41, 5.74) is 22.3. The first-order valence-corrected chi connectivity index (χ1v) is 23.9. The smallest absolute Gasteiger partial charge is 0.252 e. The molecule has 0 unspecified atom stereocenters. The van der Waals surface area contributed by atoms with E-state index in [0.29, 0.717) is 5.92 Å². The Hall–Kier alpha value is -7.76. The maximum Gasteiger partial charge on any atom is 0.252 e. The number of benzene rings is 8. The highest BCUT2D eigenvalue weighted by Gasteiger charge is 2.45. The standard InChI is InChI=1S/C63H56BN3O/c1-10-17-43(11-2)49-18-12-14-21-54(49)67-56-35-29-45(63(7,8)9)37-53(56)64-52-36-42(6)26-34-55(52)66(47-30-24-41(5)25-31-47)58-38-48(39-59(67)61(58)64)65(46-32-27-44(28-33-46)40(3)4)57-22-16-20-51-50-19-13-15-23-60(50)68-62(51)57/h10-40H,1-2H2,3-9H3/b43-17+. The Bertz CT molecular complexity index is 3500. The predicted octanol–water partition coefficient (Wildman–Crippen LogP) is 15.9. The predicted molar refractivity (Wildman–Crippen MR) is 293 cm³/mol. The Kier molecular flexibility index (Phi) is 10.4. The van der Waals surface area contributed by atoms with Crippen LogP contribution in [-0.2, 0) is 5.41 Å². The Morgan fingerprint density at radius 1 is 0.618 bits per heavy atom. The number of hydrogen-bond acceptors (Lipinski definition) is 4. The summed E-state index contributed by atoms with van der Waals surface area (Å²) in [6.07, 6.45) is 5.85. The second kappa shape index (κ2) is 16.5. The van der Waals surface area contributed by atoms with E-state index in [1.54, 1.807) is 0 Å². The first-order chi connectivity index (χ1) is 32.9. The Morgan fingerprint density at radius 2 is 1.28 bits per heavy atom. The van der Waals surface area contributed by atoms with Crippen molar-refractivity contribution < 1.29 is 4.42 Å². The minimum Gasteiger partial charge on any atom is -0.454 e. The van der Waals surface area contributed by atoms with E-state index >= 15 is 0 Å². The molecular weight excluding hydrogens is 826 g/mol. The second-order valence-electron chi connectivity index (χ2n) is 19.8. The molecule has 0 saturated carbocycles. The lowest BCUT2D eigenvalue weighted by Gasteiger charge is -2.45. The van der Waals surface area contributed by atoms with E-state index in [1.165, 1.54) is 44.3 Å². The summed E-state index contributed by atoms with van der Waals surface area (Å²) in [6.45, 7) is 24.2. The summed E-state index contributed by atoms with van der Waals surface area (Å²) in [5.74, 6) is 0.385. The van der Waals surface area contributed by atoms with Crippen molar-refractivity contribution in [2.24, 2.45) is 0 Å². The molecule has 0 atom stereocenters. The largest absolute Gasteiger partial charge is 0.454 e. The molecule has 0 spiro atoms. The lowest BCUT2D eigenvalue weighted by Crippen LogP contribution is -2.61. The van der Waals surface area contributed by atoms with Crippen molar-refractivity contribution in [1.82, 2.24) is 0 Å². The summed E-state index contributed by atoms with van der Waals surface area (Å²) < 4.78 is 6.89. The van der Waals surface area contributed by atoms with Crippen LogP contribution in [0.3, 0.4) is 0 Å². The minimum atomic E-state index is -0.0746. The Labute approximate surface area is 401 Å². The quantitative estimate of drug-likeness (QED) is 0.106. The number of furan rings is 1. The molecule has 2 aliphatic rings. The lowest BCUT2D eigenvalue weighted by atomic mass is 9.33. The average Bonchev–Trinajstić information content (AvgIpc) is 3.73. The fourth-order valence-corrected chi connectivity index (χ4v) is 10.6. The molecular formula is C63H56BN3O. The van der Waals surface area contributed by atoms with E-state index in [9.17, 15) is 0 Å². The van der Waals surface area contributed by atoms with Gasteiger partial charge >= 0.3 is 0 Å². The zero-order valence-electron chi connectivity index (χ0n) is 40.1. The summed E-state index contributed by atoms with van der Waals surface area (Å²) in [7, 11) is 0. The molecule has 9 aromatic rings. The maximum absolute atomic E-state index is 6.89. The van der Waals surface area contributed by atoms with Crippen LogP contribution in [-0.4, -0.2) is 6.71 Å². The molecule has 68 heavy (non-hydrogen) atoms. The van der Waals surface area contributed by atoms with Crippen molar-refractivity contribution in [2.75, 3.05) is 14.7 Å². The fourth-order valence-electron chi connectivity index (χ4n) is 10.6. The minimum absolute atomic E-state index is 0.0634.